The normalized spacial score (nSPS) is 18.6. The molecule has 0 bridgehead atoms. The molecule has 0 aromatic carbocycles. The zero-order valence-corrected chi connectivity index (χ0v) is 53.8. The summed E-state index contributed by atoms with van der Waals surface area (Å²) in [6.45, 7) is 17.5. The lowest BCUT2D eigenvalue weighted by atomic mass is 9.72. The number of nitrogens with one attached hydrogen (secondary N) is 2. The molecule has 2 rings (SSSR count). The molecule has 13 heteroatoms. The molecule has 0 heterocycles. The summed E-state index contributed by atoms with van der Waals surface area (Å²) >= 11 is 0. The maximum atomic E-state index is 13.4. The average molecular weight is 1170 g/mol. The third kappa shape index (κ3) is 38.2. The molecule has 0 aliphatic heterocycles. The Labute approximate surface area is 499 Å². The third-order valence-corrected chi connectivity index (χ3v) is 17.6. The predicted octanol–water partition coefficient (Wildman–Crippen LogP) is 18.2. The standard InChI is InChI=1S/C69H117N2O10P/c1-9-11-13-15-17-19-21-22-24-26-28-30-40-61(60(41-31-32-43-67(74)75)39-29-27-25-23-20-18-16-14-12-10-2)45-47-68(76)79-52-48-64(62-55-59(62)6)81-82(77,78)80-53-51-71-65(72)42-35-50-70-66(73)54-57(4)37-33-36-56(3)44-46-63-58(5)38-34-49-69(63,7)8/h22,24-25,27,33,36-37,44,46,54,59-62,64H,9-21,23,26,28-32,34-35,38-43,45,47-53,55H2,1-8H3,(H,70,73)(H,71,72)(H,74,75)(H,77,78)/b24-22-,27-25-,37-33+,46-44+,56-36+,57-54+/t59?,60?,61?,62-,64?/m1/s1. The van der Waals surface area contributed by atoms with E-state index in [1.807, 2.05) is 25.2 Å². The lowest BCUT2D eigenvalue weighted by Gasteiger charge is -2.32. The SMILES string of the molecule is CCCCCCCC/C=C\CCCCC(CCC(=O)OCCC(OP(=O)(O)OCCNC(=O)CCCNC(=O)/C=C(C)/C=C/C=C(C)/C=C/C1=C(C)CCCC1(C)C)[C@@H]1CC1C)C(CC/C=C\CCCCCCCC)CCCCC(=O)O. The summed E-state index contributed by atoms with van der Waals surface area (Å²) in [6.07, 6.45) is 53.3. The highest BCUT2D eigenvalue weighted by molar-refractivity contribution is 7.47. The second-order valence-electron chi connectivity index (χ2n) is 24.6. The van der Waals surface area contributed by atoms with Crippen LogP contribution in [-0.4, -0.2) is 66.2 Å². The summed E-state index contributed by atoms with van der Waals surface area (Å²) in [5, 5.41) is 14.9. The number of amides is 2. The Bertz CT molecular complexity index is 2070. The van der Waals surface area contributed by atoms with Crippen molar-refractivity contribution in [3.63, 3.8) is 0 Å². The minimum Gasteiger partial charge on any atom is -0.481 e. The number of esters is 1. The van der Waals surface area contributed by atoms with Gasteiger partial charge in [0.15, 0.2) is 0 Å². The van der Waals surface area contributed by atoms with Crippen molar-refractivity contribution < 1.29 is 47.5 Å². The first-order valence-electron chi connectivity index (χ1n) is 32.7. The number of hydrogen-bond acceptors (Lipinski definition) is 8. The fourth-order valence-electron chi connectivity index (χ4n) is 11.4. The van der Waals surface area contributed by atoms with Gasteiger partial charge in [-0.05, 0) is 157 Å². The number of unbranched alkanes of at least 4 members (excludes halogenated alkanes) is 15. The van der Waals surface area contributed by atoms with Gasteiger partial charge in [-0.25, -0.2) is 4.57 Å². The largest absolute Gasteiger partial charge is 0.481 e. The summed E-state index contributed by atoms with van der Waals surface area (Å²) in [6, 6.07) is 0. The van der Waals surface area contributed by atoms with Crippen molar-refractivity contribution in [3.05, 3.63) is 83.1 Å². The number of phosphoric acid groups is 1. The van der Waals surface area contributed by atoms with Gasteiger partial charge in [-0.2, -0.15) is 0 Å². The number of hydrogen-bond donors (Lipinski definition) is 4. The van der Waals surface area contributed by atoms with Crippen LogP contribution in [0.5, 0.6) is 0 Å². The molecule has 0 aromatic heterocycles. The first-order valence-corrected chi connectivity index (χ1v) is 34.2. The van der Waals surface area contributed by atoms with Gasteiger partial charge in [0.05, 0.1) is 19.3 Å². The molecule has 0 aromatic rings. The van der Waals surface area contributed by atoms with E-state index in [-0.39, 0.29) is 74.6 Å². The Kier molecular flexibility index (Phi) is 41.2. The molecule has 2 amide bonds. The molecule has 1 fully saturated rings. The predicted molar refractivity (Wildman–Crippen MR) is 339 cm³/mol. The first-order chi connectivity index (χ1) is 39.4. The molecule has 2 aliphatic rings. The molecular formula is C69H117N2O10P. The van der Waals surface area contributed by atoms with Gasteiger partial charge in [0.1, 0.15) is 0 Å². The van der Waals surface area contributed by atoms with Crippen molar-refractivity contribution in [3.8, 4) is 0 Å². The number of carbonyl (C=O) groups excluding carboxylic acids is 3. The summed E-state index contributed by atoms with van der Waals surface area (Å²) in [7, 11) is -4.49. The monoisotopic (exact) mass is 1160 g/mol. The van der Waals surface area contributed by atoms with Gasteiger partial charge in [-0.3, -0.25) is 28.2 Å². The maximum Gasteiger partial charge on any atom is 0.472 e. The summed E-state index contributed by atoms with van der Waals surface area (Å²) in [5.74, 6) is -0.541. The summed E-state index contributed by atoms with van der Waals surface area (Å²) < 4.78 is 29.9. The molecule has 82 heavy (non-hydrogen) atoms. The Morgan fingerprint density at radius 1 is 0.695 bits per heavy atom. The van der Waals surface area contributed by atoms with Crippen molar-refractivity contribution in [2.45, 2.75) is 273 Å². The van der Waals surface area contributed by atoms with E-state index < -0.39 is 19.9 Å². The molecule has 5 unspecified atom stereocenters. The lowest BCUT2D eigenvalue weighted by molar-refractivity contribution is -0.145. The van der Waals surface area contributed by atoms with Crippen LogP contribution in [0.25, 0.3) is 0 Å². The van der Waals surface area contributed by atoms with Crippen LogP contribution in [-0.2, 0) is 37.5 Å². The smallest absolute Gasteiger partial charge is 0.472 e. The quantitative estimate of drug-likeness (QED) is 0.0114. The fraction of sp³-hybridized carbons (Fsp3) is 0.739. The fourth-order valence-corrected chi connectivity index (χ4v) is 12.4. The van der Waals surface area contributed by atoms with Gasteiger partial charge in [-0.1, -0.05) is 190 Å². The number of rotatable bonds is 50. The van der Waals surface area contributed by atoms with E-state index in [4.69, 9.17) is 13.8 Å². The van der Waals surface area contributed by atoms with Gasteiger partial charge >= 0.3 is 19.8 Å². The molecule has 468 valence electrons. The Hall–Kier alpha value is -3.83. The summed E-state index contributed by atoms with van der Waals surface area (Å²) in [5.41, 5.74) is 5.01. The average Bonchev–Trinajstić information content (AvgIpc) is 4.33. The van der Waals surface area contributed by atoms with Crippen molar-refractivity contribution in [2.24, 2.45) is 29.1 Å². The molecule has 0 spiro atoms. The van der Waals surface area contributed by atoms with E-state index in [9.17, 15) is 33.7 Å². The lowest BCUT2D eigenvalue weighted by Crippen LogP contribution is -2.29. The van der Waals surface area contributed by atoms with Crippen LogP contribution < -0.4 is 10.6 Å². The van der Waals surface area contributed by atoms with E-state index >= 15 is 0 Å². The zero-order chi connectivity index (χ0) is 60.3. The Morgan fingerprint density at radius 2 is 1.29 bits per heavy atom. The van der Waals surface area contributed by atoms with Gasteiger partial charge in [-0.15, -0.1) is 0 Å². The van der Waals surface area contributed by atoms with Gasteiger partial charge < -0.3 is 25.4 Å². The summed E-state index contributed by atoms with van der Waals surface area (Å²) in [4.78, 5) is 60.5. The maximum absolute atomic E-state index is 13.4. The Morgan fingerprint density at radius 3 is 1.91 bits per heavy atom. The first kappa shape index (κ1) is 74.3. The van der Waals surface area contributed by atoms with Crippen molar-refractivity contribution in [1.29, 1.82) is 0 Å². The molecule has 0 radical (unpaired) electrons. The topological polar surface area (TPSA) is 178 Å². The minimum atomic E-state index is -4.49. The van der Waals surface area contributed by atoms with Crippen molar-refractivity contribution in [2.75, 3.05) is 26.3 Å². The zero-order valence-electron chi connectivity index (χ0n) is 52.9. The molecule has 12 nitrogen and oxygen atoms in total. The number of allylic oxidation sites excluding steroid dienone is 13. The van der Waals surface area contributed by atoms with E-state index in [0.29, 0.717) is 43.6 Å². The molecule has 0 saturated heterocycles. The molecule has 6 atom stereocenters. The van der Waals surface area contributed by atoms with Crippen LogP contribution in [0, 0.1) is 29.1 Å². The number of carbonyl (C=O) groups is 4. The van der Waals surface area contributed by atoms with E-state index in [2.05, 4.69) is 95.6 Å². The highest BCUT2D eigenvalue weighted by Gasteiger charge is 2.43. The number of ether oxygens (including phenoxy) is 1. The van der Waals surface area contributed by atoms with Crippen LogP contribution in [0.2, 0.25) is 0 Å². The van der Waals surface area contributed by atoms with Gasteiger partial charge in [0.25, 0.3) is 0 Å². The highest BCUT2D eigenvalue weighted by Crippen LogP contribution is 2.52. The van der Waals surface area contributed by atoms with Gasteiger partial charge in [0, 0.05) is 44.8 Å². The molecule has 4 N–H and O–H groups in total. The second kappa shape index (κ2) is 45.5. The number of carboxylic acids is 1. The van der Waals surface area contributed by atoms with Crippen LogP contribution >= 0.6 is 7.82 Å². The van der Waals surface area contributed by atoms with E-state index in [1.165, 1.54) is 107 Å². The minimum absolute atomic E-state index is 0.00514. The van der Waals surface area contributed by atoms with Crippen LogP contribution in [0.3, 0.4) is 0 Å². The number of phosphoric ester groups is 1. The third-order valence-electron chi connectivity index (χ3n) is 16.6. The molecule has 1 saturated carbocycles. The molecular weight excluding hydrogens is 1050 g/mol. The number of carboxylic acid groups (broad SMARTS) is 1. The number of aliphatic carboxylic acids is 1. The van der Waals surface area contributed by atoms with E-state index in [1.54, 1.807) is 0 Å². The van der Waals surface area contributed by atoms with Crippen molar-refractivity contribution >= 4 is 31.6 Å². The van der Waals surface area contributed by atoms with Crippen LogP contribution in [0.1, 0.15) is 267 Å². The second-order valence-corrected chi connectivity index (χ2v) is 26.0. The van der Waals surface area contributed by atoms with E-state index in [0.717, 1.165) is 88.2 Å². The molecule has 2 aliphatic carbocycles. The van der Waals surface area contributed by atoms with Crippen molar-refractivity contribution in [1.82, 2.24) is 10.6 Å². The van der Waals surface area contributed by atoms with Gasteiger partial charge in [0.2, 0.25) is 11.8 Å². The highest BCUT2D eigenvalue weighted by atomic mass is 31.2. The van der Waals surface area contributed by atoms with Crippen LogP contribution in [0.15, 0.2) is 83.1 Å². The van der Waals surface area contributed by atoms with Crippen LogP contribution in [0.4, 0.5) is 0 Å². The Balaban J connectivity index is 1.85.